The van der Waals surface area contributed by atoms with Crippen molar-refractivity contribution in [3.05, 3.63) is 64.7 Å². The fourth-order valence-electron chi connectivity index (χ4n) is 3.57. The van der Waals surface area contributed by atoms with Crippen LogP contribution < -0.4 is 16.8 Å². The Hall–Kier alpha value is -3.85. The molecule has 4 aromatic rings. The Bertz CT molecular complexity index is 1470. The fourth-order valence-corrected chi connectivity index (χ4v) is 4.47. The standard InChI is InChI=1S/C25H26N6O2S/c1-13-5-6-15-16(7-8-28-18(15)9-14(26)10-19(32)25(2,3)4)20(13)31-24(33)17-11-34-22-21(17)29-12-30-23(22)27/h5-8,10-12H,9,26H2,1-4H3,(H,31,33)(H2,27,29,30). The van der Waals surface area contributed by atoms with Crippen molar-refractivity contribution >= 4 is 55.5 Å². The zero-order valence-electron chi connectivity index (χ0n) is 19.5. The number of carbonyl (C=O) groups is 2. The minimum absolute atomic E-state index is 0.0403. The van der Waals surface area contributed by atoms with Gasteiger partial charge < -0.3 is 16.8 Å². The number of thiophene rings is 1. The Balaban J connectivity index is 1.70. The van der Waals surface area contributed by atoms with Crippen molar-refractivity contribution in [3.63, 3.8) is 0 Å². The van der Waals surface area contributed by atoms with Gasteiger partial charge >= 0.3 is 0 Å². The SMILES string of the molecule is Cc1ccc2c(CC(N)=CC(=O)C(C)(C)C)nccc2c1NC(=O)c1csc2c(N)ncnc12. The number of rotatable bonds is 5. The molecular formula is C25H26N6O2S. The Kier molecular flexibility index (Phi) is 6.05. The van der Waals surface area contributed by atoms with Crippen LogP contribution in [0.5, 0.6) is 0 Å². The molecule has 0 aliphatic heterocycles. The lowest BCUT2D eigenvalue weighted by Gasteiger charge is -2.15. The molecule has 3 aromatic heterocycles. The van der Waals surface area contributed by atoms with Crippen LogP contribution in [0.3, 0.4) is 0 Å². The van der Waals surface area contributed by atoms with E-state index in [9.17, 15) is 9.59 Å². The average Bonchev–Trinajstić information content (AvgIpc) is 3.21. The summed E-state index contributed by atoms with van der Waals surface area (Å²) in [7, 11) is 0. The predicted molar refractivity (Wildman–Crippen MR) is 137 cm³/mol. The van der Waals surface area contributed by atoms with Gasteiger partial charge in [-0.3, -0.25) is 14.6 Å². The van der Waals surface area contributed by atoms with Crippen LogP contribution in [0.2, 0.25) is 0 Å². The normalized spacial score (nSPS) is 12.3. The molecule has 0 fully saturated rings. The molecule has 1 amide bonds. The van der Waals surface area contributed by atoms with Gasteiger partial charge in [0.15, 0.2) is 5.78 Å². The highest BCUT2D eigenvalue weighted by Crippen LogP contribution is 2.32. The Morgan fingerprint density at radius 2 is 1.88 bits per heavy atom. The van der Waals surface area contributed by atoms with Crippen molar-refractivity contribution in [2.45, 2.75) is 34.1 Å². The van der Waals surface area contributed by atoms with Crippen LogP contribution in [0, 0.1) is 12.3 Å². The van der Waals surface area contributed by atoms with E-state index in [-0.39, 0.29) is 11.7 Å². The molecule has 174 valence electrons. The number of allylic oxidation sites excluding steroid dienone is 2. The van der Waals surface area contributed by atoms with Gasteiger partial charge in [0, 0.05) is 46.0 Å². The summed E-state index contributed by atoms with van der Waals surface area (Å²) in [4.78, 5) is 38.2. The summed E-state index contributed by atoms with van der Waals surface area (Å²) in [5.41, 5.74) is 15.3. The number of ketones is 1. The smallest absolute Gasteiger partial charge is 0.258 e. The number of pyridine rings is 1. The number of amides is 1. The van der Waals surface area contributed by atoms with Gasteiger partial charge in [-0.05, 0) is 18.6 Å². The first kappa shape index (κ1) is 23.3. The van der Waals surface area contributed by atoms with Crippen LogP contribution in [0.1, 0.15) is 42.4 Å². The third-order valence-electron chi connectivity index (χ3n) is 5.53. The zero-order valence-corrected chi connectivity index (χ0v) is 20.3. The second-order valence-electron chi connectivity index (χ2n) is 9.16. The first-order chi connectivity index (χ1) is 16.1. The summed E-state index contributed by atoms with van der Waals surface area (Å²) in [6.07, 6.45) is 4.83. The molecule has 0 aliphatic rings. The maximum Gasteiger partial charge on any atom is 0.258 e. The average molecular weight is 475 g/mol. The molecule has 0 saturated heterocycles. The van der Waals surface area contributed by atoms with E-state index in [1.54, 1.807) is 11.6 Å². The summed E-state index contributed by atoms with van der Waals surface area (Å²) in [6.45, 7) is 7.48. The monoisotopic (exact) mass is 474 g/mol. The molecule has 3 heterocycles. The van der Waals surface area contributed by atoms with E-state index >= 15 is 0 Å². The molecule has 8 nitrogen and oxygen atoms in total. The van der Waals surface area contributed by atoms with Gasteiger partial charge in [-0.1, -0.05) is 32.9 Å². The van der Waals surface area contributed by atoms with Gasteiger partial charge in [-0.25, -0.2) is 9.97 Å². The van der Waals surface area contributed by atoms with Crippen molar-refractivity contribution in [1.29, 1.82) is 0 Å². The number of nitrogens with zero attached hydrogens (tertiary/aromatic N) is 3. The van der Waals surface area contributed by atoms with E-state index < -0.39 is 5.41 Å². The summed E-state index contributed by atoms with van der Waals surface area (Å²) in [6, 6.07) is 5.73. The van der Waals surface area contributed by atoms with Crippen LogP contribution in [0.25, 0.3) is 21.0 Å². The molecule has 0 aliphatic carbocycles. The molecule has 5 N–H and O–H groups in total. The highest BCUT2D eigenvalue weighted by molar-refractivity contribution is 7.18. The number of carbonyl (C=O) groups excluding carboxylic acids is 2. The molecule has 0 unspecified atom stereocenters. The highest BCUT2D eigenvalue weighted by Gasteiger charge is 2.20. The number of fused-ring (bicyclic) bond motifs is 2. The molecule has 4 rings (SSSR count). The number of benzene rings is 1. The molecule has 9 heteroatoms. The molecule has 0 atom stereocenters. The fraction of sp³-hybridized carbons (Fsp3) is 0.240. The van der Waals surface area contributed by atoms with E-state index in [1.807, 2.05) is 45.9 Å². The van der Waals surface area contributed by atoms with Crippen LogP contribution in [-0.2, 0) is 11.2 Å². The van der Waals surface area contributed by atoms with Gasteiger partial charge in [-0.15, -0.1) is 11.3 Å². The molecule has 0 saturated carbocycles. The molecule has 1 aromatic carbocycles. The predicted octanol–water partition coefficient (Wildman–Crippen LogP) is 4.38. The first-order valence-corrected chi connectivity index (χ1v) is 11.6. The lowest BCUT2D eigenvalue weighted by atomic mass is 9.90. The van der Waals surface area contributed by atoms with Crippen molar-refractivity contribution in [2.75, 3.05) is 11.1 Å². The van der Waals surface area contributed by atoms with E-state index in [0.29, 0.717) is 39.4 Å². The van der Waals surface area contributed by atoms with Crippen LogP contribution in [-0.4, -0.2) is 26.6 Å². The number of aryl methyl sites for hydroxylation is 1. The maximum absolute atomic E-state index is 13.2. The van der Waals surface area contributed by atoms with Crippen LogP contribution in [0.15, 0.2) is 47.9 Å². The quantitative estimate of drug-likeness (QED) is 0.365. The second kappa shape index (κ2) is 8.83. The number of nitrogen functional groups attached to an aromatic ring is 1. The summed E-state index contributed by atoms with van der Waals surface area (Å²) >= 11 is 1.33. The first-order valence-electron chi connectivity index (χ1n) is 10.7. The zero-order chi connectivity index (χ0) is 24.6. The van der Waals surface area contributed by atoms with E-state index in [1.165, 1.54) is 23.7 Å². The maximum atomic E-state index is 13.2. The highest BCUT2D eigenvalue weighted by atomic mass is 32.1. The second-order valence-corrected chi connectivity index (χ2v) is 10.0. The van der Waals surface area contributed by atoms with E-state index in [0.717, 1.165) is 22.0 Å². The lowest BCUT2D eigenvalue weighted by Crippen LogP contribution is -2.19. The van der Waals surface area contributed by atoms with Crippen molar-refractivity contribution in [2.24, 2.45) is 11.1 Å². The van der Waals surface area contributed by atoms with E-state index in [2.05, 4.69) is 20.3 Å². The summed E-state index contributed by atoms with van der Waals surface area (Å²) in [5.74, 6) is 0.0247. The largest absolute Gasteiger partial charge is 0.402 e. The van der Waals surface area contributed by atoms with Gasteiger partial charge in [0.05, 0.1) is 27.2 Å². The Morgan fingerprint density at radius 1 is 1.12 bits per heavy atom. The molecular weight excluding hydrogens is 448 g/mol. The molecule has 0 spiro atoms. The minimum Gasteiger partial charge on any atom is -0.402 e. The number of nitrogens with two attached hydrogens (primary N) is 2. The van der Waals surface area contributed by atoms with Gasteiger partial charge in [0.1, 0.15) is 12.1 Å². The number of nitrogens with one attached hydrogen (secondary N) is 1. The Labute approximate surface area is 201 Å². The number of hydrogen-bond donors (Lipinski definition) is 3. The van der Waals surface area contributed by atoms with Crippen LogP contribution >= 0.6 is 11.3 Å². The molecule has 0 radical (unpaired) electrons. The third-order valence-corrected chi connectivity index (χ3v) is 6.52. The van der Waals surface area contributed by atoms with Crippen molar-refractivity contribution in [1.82, 2.24) is 15.0 Å². The number of aromatic nitrogens is 3. The van der Waals surface area contributed by atoms with Crippen molar-refractivity contribution < 1.29 is 9.59 Å². The van der Waals surface area contributed by atoms with Gasteiger partial charge in [-0.2, -0.15) is 0 Å². The van der Waals surface area contributed by atoms with Gasteiger partial charge in [0.25, 0.3) is 5.91 Å². The topological polar surface area (TPSA) is 137 Å². The van der Waals surface area contributed by atoms with Gasteiger partial charge in [0.2, 0.25) is 0 Å². The minimum atomic E-state index is -0.507. The lowest BCUT2D eigenvalue weighted by molar-refractivity contribution is -0.121. The summed E-state index contributed by atoms with van der Waals surface area (Å²) < 4.78 is 0.681. The number of hydrogen-bond acceptors (Lipinski definition) is 8. The molecule has 0 bridgehead atoms. The summed E-state index contributed by atoms with van der Waals surface area (Å²) in [5, 5.41) is 6.46. The van der Waals surface area contributed by atoms with Crippen molar-refractivity contribution in [3.8, 4) is 0 Å². The number of anilines is 2. The third kappa shape index (κ3) is 4.47. The van der Waals surface area contributed by atoms with E-state index in [4.69, 9.17) is 11.5 Å². The van der Waals surface area contributed by atoms with Crippen LogP contribution in [0.4, 0.5) is 11.5 Å². The molecule has 34 heavy (non-hydrogen) atoms. The Morgan fingerprint density at radius 3 is 2.62 bits per heavy atom.